The van der Waals surface area contributed by atoms with Crippen LogP contribution in [0.1, 0.15) is 36.1 Å². The lowest BCUT2D eigenvalue weighted by atomic mass is 9.93. The number of aromatic nitrogens is 1. The van der Waals surface area contributed by atoms with Crippen molar-refractivity contribution in [3.63, 3.8) is 0 Å². The van der Waals surface area contributed by atoms with Crippen molar-refractivity contribution in [2.24, 2.45) is 5.73 Å². The maximum absolute atomic E-state index is 11.8. The summed E-state index contributed by atoms with van der Waals surface area (Å²) in [5, 5.41) is 0. The summed E-state index contributed by atoms with van der Waals surface area (Å²) in [5.74, 6) is 0.178. The first kappa shape index (κ1) is 14.7. The molecule has 0 fully saturated rings. The van der Waals surface area contributed by atoms with Crippen molar-refractivity contribution in [2.45, 2.75) is 32.7 Å². The van der Waals surface area contributed by atoms with Crippen LogP contribution < -0.4 is 10.6 Å². The van der Waals surface area contributed by atoms with E-state index in [4.69, 9.17) is 5.73 Å². The summed E-state index contributed by atoms with van der Waals surface area (Å²) in [7, 11) is 1.84. The summed E-state index contributed by atoms with van der Waals surface area (Å²) in [6.07, 6.45) is 5.10. The van der Waals surface area contributed by atoms with Crippen molar-refractivity contribution in [1.82, 2.24) is 4.98 Å². The van der Waals surface area contributed by atoms with Crippen LogP contribution in [0.25, 0.3) is 11.1 Å². The highest BCUT2D eigenvalue weighted by atomic mass is 16.2. The van der Waals surface area contributed by atoms with Gasteiger partial charge in [0.15, 0.2) is 0 Å². The summed E-state index contributed by atoms with van der Waals surface area (Å²) in [6.45, 7) is 4.06. The number of aryl methyl sites for hydroxylation is 1. The van der Waals surface area contributed by atoms with Crippen LogP contribution in [0.4, 0.5) is 5.69 Å². The van der Waals surface area contributed by atoms with Crippen LogP contribution in [0.5, 0.6) is 0 Å². The van der Waals surface area contributed by atoms with Crippen LogP contribution in [0.15, 0.2) is 30.6 Å². The number of hydrogen-bond acceptors (Lipinski definition) is 3. The Morgan fingerprint density at radius 1 is 1.27 bits per heavy atom. The number of carbonyl (C=O) groups is 1. The zero-order valence-electron chi connectivity index (χ0n) is 13.3. The van der Waals surface area contributed by atoms with Crippen molar-refractivity contribution in [3.8, 4) is 11.1 Å². The third kappa shape index (κ3) is 2.40. The van der Waals surface area contributed by atoms with E-state index >= 15 is 0 Å². The fourth-order valence-electron chi connectivity index (χ4n) is 3.12. The van der Waals surface area contributed by atoms with Crippen molar-refractivity contribution >= 4 is 11.6 Å². The molecular weight excluding hydrogens is 274 g/mol. The molecule has 1 aliphatic heterocycles. The number of anilines is 1. The lowest BCUT2D eigenvalue weighted by Gasteiger charge is -2.26. The van der Waals surface area contributed by atoms with Crippen LogP contribution in [-0.4, -0.2) is 17.9 Å². The molecule has 1 aromatic carbocycles. The Hall–Kier alpha value is -2.20. The number of benzene rings is 1. The fraction of sp³-hybridized carbons (Fsp3) is 0.333. The molecule has 114 valence electrons. The number of fused-ring (bicyclic) bond motifs is 1. The monoisotopic (exact) mass is 295 g/mol. The molecule has 0 aliphatic carbocycles. The van der Waals surface area contributed by atoms with Gasteiger partial charge in [-0.05, 0) is 54.7 Å². The number of nitrogens with two attached hydrogens (primary N) is 1. The SMILES string of the molecule is Cc1c(-c2ccc3c(c2)CCC(=O)N3C)cncc1[C@@H](C)N. The van der Waals surface area contributed by atoms with E-state index in [9.17, 15) is 4.79 Å². The quantitative estimate of drug-likeness (QED) is 0.926. The average molecular weight is 295 g/mol. The van der Waals surface area contributed by atoms with E-state index in [0.717, 1.165) is 28.8 Å². The molecule has 4 heteroatoms. The van der Waals surface area contributed by atoms with Gasteiger partial charge in [0.25, 0.3) is 0 Å². The Labute approximate surface area is 131 Å². The molecule has 0 bridgehead atoms. The topological polar surface area (TPSA) is 59.2 Å². The molecule has 0 saturated carbocycles. The highest BCUT2D eigenvalue weighted by Gasteiger charge is 2.21. The molecular formula is C18H21N3O. The minimum Gasteiger partial charge on any atom is -0.324 e. The molecule has 2 N–H and O–H groups in total. The first-order chi connectivity index (χ1) is 10.5. The molecule has 0 radical (unpaired) electrons. The van der Waals surface area contributed by atoms with Gasteiger partial charge in [0.2, 0.25) is 5.91 Å². The van der Waals surface area contributed by atoms with Gasteiger partial charge in [-0.1, -0.05) is 6.07 Å². The van der Waals surface area contributed by atoms with Gasteiger partial charge in [-0.3, -0.25) is 9.78 Å². The predicted octanol–water partition coefficient (Wildman–Crippen LogP) is 2.99. The van der Waals surface area contributed by atoms with E-state index in [0.29, 0.717) is 6.42 Å². The molecule has 1 aliphatic rings. The van der Waals surface area contributed by atoms with Crippen molar-refractivity contribution in [1.29, 1.82) is 0 Å². The predicted molar refractivity (Wildman–Crippen MR) is 88.7 cm³/mol. The number of amides is 1. The van der Waals surface area contributed by atoms with Gasteiger partial charge >= 0.3 is 0 Å². The molecule has 1 aromatic heterocycles. The van der Waals surface area contributed by atoms with E-state index in [1.807, 2.05) is 32.4 Å². The molecule has 1 amide bonds. The van der Waals surface area contributed by atoms with Crippen LogP contribution in [0, 0.1) is 6.92 Å². The summed E-state index contributed by atoms with van der Waals surface area (Å²) >= 11 is 0. The normalized spacial score (nSPS) is 15.6. The Bertz CT molecular complexity index is 737. The van der Waals surface area contributed by atoms with Crippen molar-refractivity contribution in [3.05, 3.63) is 47.3 Å². The van der Waals surface area contributed by atoms with Crippen molar-refractivity contribution in [2.75, 3.05) is 11.9 Å². The molecule has 0 unspecified atom stereocenters. The van der Waals surface area contributed by atoms with Crippen LogP contribution in [0.3, 0.4) is 0 Å². The highest BCUT2D eigenvalue weighted by molar-refractivity contribution is 5.96. The van der Waals surface area contributed by atoms with Crippen molar-refractivity contribution < 1.29 is 4.79 Å². The van der Waals surface area contributed by atoms with Crippen LogP contribution in [0.2, 0.25) is 0 Å². The standard InChI is InChI=1S/C18H21N3O/c1-11-15(12(2)19)9-20-10-16(11)13-4-6-17-14(8-13)5-7-18(22)21(17)3/h4,6,8-10,12H,5,7,19H2,1-3H3/t12-/m1/s1. The third-order valence-corrected chi connectivity index (χ3v) is 4.48. The molecule has 2 aromatic rings. The Morgan fingerprint density at radius 3 is 2.77 bits per heavy atom. The Kier molecular flexibility index (Phi) is 3.71. The minimum atomic E-state index is -0.0335. The fourth-order valence-corrected chi connectivity index (χ4v) is 3.12. The van der Waals surface area contributed by atoms with Crippen LogP contribution >= 0.6 is 0 Å². The zero-order chi connectivity index (χ0) is 15.9. The second kappa shape index (κ2) is 5.54. The van der Waals surface area contributed by atoms with E-state index in [2.05, 4.69) is 24.0 Å². The van der Waals surface area contributed by atoms with Gasteiger partial charge in [-0.25, -0.2) is 0 Å². The van der Waals surface area contributed by atoms with E-state index in [1.165, 1.54) is 11.1 Å². The zero-order valence-corrected chi connectivity index (χ0v) is 13.3. The molecule has 2 heterocycles. The first-order valence-corrected chi connectivity index (χ1v) is 7.59. The van der Waals surface area contributed by atoms with Gasteiger partial charge in [-0.15, -0.1) is 0 Å². The van der Waals surface area contributed by atoms with Gasteiger partial charge in [0.05, 0.1) is 0 Å². The molecule has 0 saturated heterocycles. The third-order valence-electron chi connectivity index (χ3n) is 4.48. The Balaban J connectivity index is 2.08. The summed E-state index contributed by atoms with van der Waals surface area (Å²) in [5.41, 5.74) is 12.7. The first-order valence-electron chi connectivity index (χ1n) is 7.59. The number of pyridine rings is 1. The lowest BCUT2D eigenvalue weighted by molar-refractivity contribution is -0.118. The number of rotatable bonds is 2. The van der Waals surface area contributed by atoms with Gasteiger partial charge in [0, 0.05) is 43.2 Å². The molecule has 22 heavy (non-hydrogen) atoms. The maximum atomic E-state index is 11.8. The molecule has 4 nitrogen and oxygen atoms in total. The number of hydrogen-bond donors (Lipinski definition) is 1. The number of nitrogens with zero attached hydrogens (tertiary/aromatic N) is 2. The molecule has 3 rings (SSSR count). The average Bonchev–Trinajstić information content (AvgIpc) is 2.50. The van der Waals surface area contributed by atoms with Gasteiger partial charge in [-0.2, -0.15) is 0 Å². The summed E-state index contributed by atoms with van der Waals surface area (Å²) in [4.78, 5) is 17.9. The van der Waals surface area contributed by atoms with Gasteiger partial charge < -0.3 is 10.6 Å². The van der Waals surface area contributed by atoms with E-state index < -0.39 is 0 Å². The lowest BCUT2D eigenvalue weighted by Crippen LogP contribution is -2.30. The summed E-state index contributed by atoms with van der Waals surface area (Å²) < 4.78 is 0. The largest absolute Gasteiger partial charge is 0.324 e. The number of carbonyl (C=O) groups excluding carboxylic acids is 1. The molecule has 1 atom stereocenters. The van der Waals surface area contributed by atoms with Crippen LogP contribution in [-0.2, 0) is 11.2 Å². The summed E-state index contributed by atoms with van der Waals surface area (Å²) in [6, 6.07) is 6.23. The van der Waals surface area contributed by atoms with E-state index in [1.54, 1.807) is 4.90 Å². The second-order valence-corrected chi connectivity index (χ2v) is 5.99. The maximum Gasteiger partial charge on any atom is 0.227 e. The van der Waals surface area contributed by atoms with Gasteiger partial charge in [0.1, 0.15) is 0 Å². The molecule has 0 spiro atoms. The minimum absolute atomic E-state index is 0.0335. The Morgan fingerprint density at radius 2 is 2.05 bits per heavy atom. The van der Waals surface area contributed by atoms with E-state index in [-0.39, 0.29) is 11.9 Å². The smallest absolute Gasteiger partial charge is 0.227 e. The second-order valence-electron chi connectivity index (χ2n) is 5.99. The highest BCUT2D eigenvalue weighted by Crippen LogP contribution is 2.33.